The fourth-order valence-corrected chi connectivity index (χ4v) is 4.42. The van der Waals surface area contributed by atoms with Crippen LogP contribution in [-0.4, -0.2) is 27.3 Å². The minimum absolute atomic E-state index is 0.262. The van der Waals surface area contributed by atoms with E-state index in [4.69, 9.17) is 0 Å². The summed E-state index contributed by atoms with van der Waals surface area (Å²) in [6.45, 7) is 2.20. The highest BCUT2D eigenvalue weighted by atomic mass is 32.2. The summed E-state index contributed by atoms with van der Waals surface area (Å²) in [4.78, 5) is 2.65. The van der Waals surface area contributed by atoms with Crippen LogP contribution >= 0.6 is 0 Å². The highest BCUT2D eigenvalue weighted by Gasteiger charge is 2.28. The maximum atomic E-state index is 12.1. The van der Waals surface area contributed by atoms with Crippen LogP contribution in [0.4, 0.5) is 11.4 Å². The number of amidine groups is 1. The molecule has 1 N–H and O–H groups in total. The Kier molecular flexibility index (Phi) is 3.76. The molecule has 2 aromatic rings. The first-order chi connectivity index (χ1) is 11.6. The predicted octanol–water partition coefficient (Wildman–Crippen LogP) is 3.24. The van der Waals surface area contributed by atoms with Gasteiger partial charge in [0.15, 0.2) is 5.84 Å². The van der Waals surface area contributed by atoms with Gasteiger partial charge >= 0.3 is 0 Å². The molecule has 24 heavy (non-hydrogen) atoms. The molecule has 0 atom stereocenters. The number of nitrogens with zero attached hydrogens (tertiary/aromatic N) is 2. The van der Waals surface area contributed by atoms with E-state index in [2.05, 4.69) is 26.7 Å². The first kappa shape index (κ1) is 15.2. The molecule has 0 unspecified atom stereocenters. The van der Waals surface area contributed by atoms with Crippen molar-refractivity contribution in [3.8, 4) is 0 Å². The molecule has 0 aromatic heterocycles. The topological polar surface area (TPSA) is 61.8 Å². The van der Waals surface area contributed by atoms with Crippen molar-refractivity contribution in [3.63, 3.8) is 0 Å². The fourth-order valence-electron chi connectivity index (χ4n) is 3.24. The maximum absolute atomic E-state index is 12.1. The van der Waals surface area contributed by atoms with Crippen LogP contribution in [0.1, 0.15) is 24.8 Å². The second-order valence-corrected chi connectivity index (χ2v) is 7.70. The molecule has 0 saturated carbocycles. The molecule has 0 amide bonds. The zero-order valence-corrected chi connectivity index (χ0v) is 14.1. The van der Waals surface area contributed by atoms with Gasteiger partial charge in [-0.3, -0.25) is 0 Å². The first-order valence-electron chi connectivity index (χ1n) is 8.20. The first-order valence-corrected chi connectivity index (χ1v) is 9.64. The summed E-state index contributed by atoms with van der Waals surface area (Å²) in [5, 5.41) is 3.14. The third kappa shape index (κ3) is 2.78. The molecule has 2 heterocycles. The van der Waals surface area contributed by atoms with Gasteiger partial charge in [0, 0.05) is 30.0 Å². The minimum atomic E-state index is -3.58. The number of piperidine rings is 1. The third-order valence-corrected chi connectivity index (χ3v) is 5.82. The number of fused-ring (bicyclic) bond motifs is 1. The third-order valence-electron chi connectivity index (χ3n) is 4.48. The van der Waals surface area contributed by atoms with Crippen molar-refractivity contribution in [1.82, 2.24) is 0 Å². The Morgan fingerprint density at radius 2 is 1.62 bits per heavy atom. The summed E-state index contributed by atoms with van der Waals surface area (Å²) in [5.41, 5.74) is 2.67. The van der Waals surface area contributed by atoms with Crippen LogP contribution in [0, 0.1) is 0 Å². The van der Waals surface area contributed by atoms with Gasteiger partial charge in [-0.2, -0.15) is 8.42 Å². The molecule has 4 rings (SSSR count). The zero-order chi connectivity index (χ0) is 16.6. The lowest BCUT2D eigenvalue weighted by Crippen LogP contribution is -2.29. The van der Waals surface area contributed by atoms with E-state index in [9.17, 15) is 8.42 Å². The van der Waals surface area contributed by atoms with Gasteiger partial charge in [-0.1, -0.05) is 12.1 Å². The van der Waals surface area contributed by atoms with Crippen molar-refractivity contribution < 1.29 is 8.42 Å². The SMILES string of the molecule is O=S1(=O)N=C(Nc2ccc(N3CCCCC3)cc2)c2ccccc21. The summed E-state index contributed by atoms with van der Waals surface area (Å²) >= 11 is 0. The highest BCUT2D eigenvalue weighted by molar-refractivity contribution is 7.90. The van der Waals surface area contributed by atoms with E-state index in [1.165, 1.54) is 24.9 Å². The van der Waals surface area contributed by atoms with Gasteiger partial charge in [0.25, 0.3) is 10.0 Å². The Morgan fingerprint density at radius 1 is 0.917 bits per heavy atom. The number of sulfonamides is 1. The summed E-state index contributed by atoms with van der Waals surface area (Å²) in [5.74, 6) is 0.385. The monoisotopic (exact) mass is 341 g/mol. The molecular weight excluding hydrogens is 322 g/mol. The van der Waals surface area contributed by atoms with Gasteiger partial charge in [-0.15, -0.1) is 4.40 Å². The van der Waals surface area contributed by atoms with Gasteiger partial charge in [0.05, 0.1) is 0 Å². The van der Waals surface area contributed by atoms with E-state index in [1.807, 2.05) is 18.2 Å². The van der Waals surface area contributed by atoms with Crippen LogP contribution in [0.25, 0.3) is 0 Å². The van der Waals surface area contributed by atoms with E-state index >= 15 is 0 Å². The maximum Gasteiger partial charge on any atom is 0.285 e. The number of hydrogen-bond acceptors (Lipinski definition) is 4. The van der Waals surface area contributed by atoms with Crippen LogP contribution in [0.15, 0.2) is 57.8 Å². The largest absolute Gasteiger partial charge is 0.372 e. The second kappa shape index (κ2) is 5.94. The van der Waals surface area contributed by atoms with Crippen LogP contribution in [0.2, 0.25) is 0 Å². The van der Waals surface area contributed by atoms with Crippen molar-refractivity contribution in [1.29, 1.82) is 0 Å². The van der Waals surface area contributed by atoms with E-state index in [1.54, 1.807) is 18.2 Å². The average Bonchev–Trinajstić information content (AvgIpc) is 2.87. The molecule has 2 aliphatic rings. The van der Waals surface area contributed by atoms with Gasteiger partial charge in [0.1, 0.15) is 4.90 Å². The van der Waals surface area contributed by atoms with Crippen molar-refractivity contribution in [2.75, 3.05) is 23.3 Å². The number of hydrogen-bond donors (Lipinski definition) is 1. The van der Waals surface area contributed by atoms with E-state index in [0.29, 0.717) is 11.4 Å². The highest BCUT2D eigenvalue weighted by Crippen LogP contribution is 2.27. The Bertz CT molecular complexity index is 883. The summed E-state index contributed by atoms with van der Waals surface area (Å²) in [7, 11) is -3.58. The van der Waals surface area contributed by atoms with E-state index in [-0.39, 0.29) is 4.90 Å². The summed E-state index contributed by atoms with van der Waals surface area (Å²) in [6.07, 6.45) is 3.79. The molecule has 0 aliphatic carbocycles. The lowest BCUT2D eigenvalue weighted by molar-refractivity contribution is 0.578. The minimum Gasteiger partial charge on any atom is -0.372 e. The molecule has 2 aromatic carbocycles. The normalized spacial score (nSPS) is 18.8. The Morgan fingerprint density at radius 3 is 2.38 bits per heavy atom. The van der Waals surface area contributed by atoms with Gasteiger partial charge in [-0.05, 0) is 55.7 Å². The Labute approximate surface area is 142 Å². The van der Waals surface area contributed by atoms with Crippen molar-refractivity contribution in [2.45, 2.75) is 24.2 Å². The van der Waals surface area contributed by atoms with E-state index in [0.717, 1.165) is 18.8 Å². The average molecular weight is 341 g/mol. The molecule has 5 nitrogen and oxygen atoms in total. The summed E-state index contributed by atoms with van der Waals surface area (Å²) < 4.78 is 28.0. The molecule has 0 bridgehead atoms. The van der Waals surface area contributed by atoms with Crippen LogP contribution in [0.5, 0.6) is 0 Å². The molecule has 0 spiro atoms. The molecular formula is C18H19N3O2S. The number of nitrogens with one attached hydrogen (secondary N) is 1. The van der Waals surface area contributed by atoms with Gasteiger partial charge in [0.2, 0.25) is 0 Å². The van der Waals surface area contributed by atoms with Crippen molar-refractivity contribution >= 4 is 27.2 Å². The lowest BCUT2D eigenvalue weighted by Gasteiger charge is -2.28. The molecule has 1 fully saturated rings. The summed E-state index contributed by atoms with van der Waals surface area (Å²) in [6, 6.07) is 15.0. The smallest absolute Gasteiger partial charge is 0.285 e. The second-order valence-electron chi connectivity index (χ2n) is 6.13. The van der Waals surface area contributed by atoms with Crippen LogP contribution in [-0.2, 0) is 10.0 Å². The van der Waals surface area contributed by atoms with Gasteiger partial charge in [-0.25, -0.2) is 0 Å². The Balaban J connectivity index is 1.56. The predicted molar refractivity (Wildman–Crippen MR) is 96.3 cm³/mol. The van der Waals surface area contributed by atoms with Crippen LogP contribution < -0.4 is 10.2 Å². The Hall–Kier alpha value is -2.34. The molecule has 124 valence electrons. The number of anilines is 2. The number of benzene rings is 2. The van der Waals surface area contributed by atoms with Gasteiger partial charge < -0.3 is 10.2 Å². The zero-order valence-electron chi connectivity index (χ0n) is 13.3. The molecule has 2 aliphatic heterocycles. The number of rotatable bonds is 2. The van der Waals surface area contributed by atoms with Crippen molar-refractivity contribution in [2.24, 2.45) is 4.40 Å². The van der Waals surface area contributed by atoms with Crippen LogP contribution in [0.3, 0.4) is 0 Å². The van der Waals surface area contributed by atoms with E-state index < -0.39 is 10.0 Å². The molecule has 6 heteroatoms. The van der Waals surface area contributed by atoms with Crippen molar-refractivity contribution in [3.05, 3.63) is 54.1 Å². The molecule has 0 radical (unpaired) electrons. The molecule has 1 saturated heterocycles. The quantitative estimate of drug-likeness (QED) is 0.911. The standard InChI is InChI=1S/C18H19N3O2S/c22-24(23)17-7-3-2-6-16(17)18(20-24)19-14-8-10-15(11-9-14)21-12-4-1-5-13-21/h2-3,6-11H,1,4-5,12-13H2,(H,19,20). The fraction of sp³-hybridized carbons (Fsp3) is 0.278. The lowest BCUT2D eigenvalue weighted by atomic mass is 10.1.